The van der Waals surface area contributed by atoms with Crippen molar-refractivity contribution in [3.8, 4) is 6.07 Å². The third-order valence-electron chi connectivity index (χ3n) is 8.71. The zero-order valence-corrected chi connectivity index (χ0v) is 25.0. The largest absolute Gasteiger partial charge is 0.361 e. The van der Waals surface area contributed by atoms with E-state index in [4.69, 9.17) is 15.0 Å². The van der Waals surface area contributed by atoms with Crippen molar-refractivity contribution in [2.75, 3.05) is 57.4 Å². The van der Waals surface area contributed by atoms with Crippen LogP contribution in [0.4, 0.5) is 5.69 Å². The number of fused-ring (bicyclic) bond motifs is 3. The summed E-state index contributed by atoms with van der Waals surface area (Å²) in [6.45, 7) is 15.4. The third-order valence-corrected chi connectivity index (χ3v) is 10.4. The number of carbonyl (C=O) groups excluding carboxylic acids is 1. The molecule has 39 heavy (non-hydrogen) atoms. The van der Waals surface area contributed by atoms with Gasteiger partial charge in [-0.3, -0.25) is 9.69 Å². The molecule has 2 aromatic heterocycles. The van der Waals surface area contributed by atoms with Crippen LogP contribution in [0, 0.1) is 17.2 Å². The predicted molar refractivity (Wildman–Crippen MR) is 158 cm³/mol. The minimum absolute atomic E-state index is 0.0302. The molecule has 0 bridgehead atoms. The van der Waals surface area contributed by atoms with Crippen LogP contribution in [0.15, 0.2) is 18.5 Å². The summed E-state index contributed by atoms with van der Waals surface area (Å²) in [7, 11) is -1.13. The van der Waals surface area contributed by atoms with Gasteiger partial charge in [-0.15, -0.1) is 0 Å². The van der Waals surface area contributed by atoms with Crippen molar-refractivity contribution >= 4 is 30.7 Å². The van der Waals surface area contributed by atoms with Gasteiger partial charge in [-0.25, -0.2) is 4.98 Å². The summed E-state index contributed by atoms with van der Waals surface area (Å²) >= 11 is 0. The van der Waals surface area contributed by atoms with Crippen molar-refractivity contribution in [2.45, 2.75) is 70.6 Å². The monoisotopic (exact) mass is 551 g/mol. The number of aromatic nitrogens is 2. The van der Waals surface area contributed by atoms with Crippen LogP contribution < -0.4 is 10.2 Å². The minimum Gasteiger partial charge on any atom is -0.361 e. The first-order valence-corrected chi connectivity index (χ1v) is 18.5. The molecule has 9 nitrogen and oxygen atoms in total. The zero-order valence-electron chi connectivity index (χ0n) is 24.0. The Morgan fingerprint density at radius 2 is 1.87 bits per heavy atom. The van der Waals surface area contributed by atoms with E-state index in [2.05, 4.69) is 56.4 Å². The van der Waals surface area contributed by atoms with Gasteiger partial charge >= 0.3 is 0 Å². The van der Waals surface area contributed by atoms with E-state index >= 15 is 0 Å². The first kappa shape index (κ1) is 28.1. The topological polar surface area (TPSA) is 89.7 Å². The number of hydrogen-bond acceptors (Lipinski definition) is 7. The van der Waals surface area contributed by atoms with E-state index in [1.807, 2.05) is 6.20 Å². The maximum Gasteiger partial charge on any atom is 0.256 e. The van der Waals surface area contributed by atoms with Gasteiger partial charge in [-0.2, -0.15) is 5.26 Å². The molecule has 212 valence electrons. The summed E-state index contributed by atoms with van der Waals surface area (Å²) in [4.78, 5) is 25.0. The third kappa shape index (κ3) is 6.83. The lowest BCUT2D eigenvalue weighted by Crippen LogP contribution is -2.51. The summed E-state index contributed by atoms with van der Waals surface area (Å²) in [6.07, 6.45) is 9.16. The molecular formula is C29H45N7O2Si. The number of nitrogens with one attached hydrogen (secondary N) is 1. The van der Waals surface area contributed by atoms with Gasteiger partial charge in [0.25, 0.3) is 5.91 Å². The molecule has 2 aromatic rings. The molecular weight excluding hydrogens is 506 g/mol. The number of amides is 1. The molecule has 2 aliphatic heterocycles. The maximum absolute atomic E-state index is 12.8. The van der Waals surface area contributed by atoms with Gasteiger partial charge in [-0.1, -0.05) is 19.6 Å². The number of hydrogen-bond donors (Lipinski definition) is 1. The molecule has 0 radical (unpaired) electrons. The predicted octanol–water partition coefficient (Wildman–Crippen LogP) is 3.95. The van der Waals surface area contributed by atoms with Crippen LogP contribution in [-0.2, 0) is 11.5 Å². The molecule has 1 N–H and O–H groups in total. The van der Waals surface area contributed by atoms with Gasteiger partial charge in [0.15, 0.2) is 0 Å². The highest BCUT2D eigenvalue weighted by Gasteiger charge is 2.34. The number of carbonyl (C=O) groups is 1. The van der Waals surface area contributed by atoms with Crippen molar-refractivity contribution < 1.29 is 9.53 Å². The van der Waals surface area contributed by atoms with Crippen LogP contribution in [0.1, 0.15) is 42.5 Å². The second-order valence-electron chi connectivity index (χ2n) is 12.8. The fourth-order valence-electron chi connectivity index (χ4n) is 6.30. The van der Waals surface area contributed by atoms with Crippen LogP contribution >= 0.6 is 0 Å². The normalized spacial score (nSPS) is 23.0. The lowest BCUT2D eigenvalue weighted by Gasteiger charge is -2.42. The van der Waals surface area contributed by atoms with Crippen LogP contribution in [0.5, 0.6) is 0 Å². The van der Waals surface area contributed by atoms with Crippen LogP contribution in [0.25, 0.3) is 11.0 Å². The zero-order chi connectivity index (χ0) is 27.4. The van der Waals surface area contributed by atoms with E-state index in [0.717, 1.165) is 80.9 Å². The average Bonchev–Trinajstić information content (AvgIpc) is 3.34. The summed E-state index contributed by atoms with van der Waals surface area (Å²) in [5.74, 6) is 0.704. The molecule has 1 amide bonds. The number of ether oxygens (including phenoxy) is 1. The fraction of sp³-hybridized carbons (Fsp3) is 0.690. The molecule has 1 aliphatic carbocycles. The smallest absolute Gasteiger partial charge is 0.256 e. The quantitative estimate of drug-likeness (QED) is 0.353. The molecule has 0 spiro atoms. The number of rotatable bonds is 10. The standard InChI is InChI=1S/C29H45N7O2Si/c1-39(2,3)18-17-38-22-35-12-9-25-27-26(19-31-28(25)35)29(37)32-21-36(27)24-7-5-23(6-8-24)20-34-15-13-33(14-16-34)11-4-10-30/h9,12,19,23-24H,4-8,11,13-18,20-22H2,1-3H3,(H,32,37)/t23-,24-. The van der Waals surface area contributed by atoms with Gasteiger partial charge in [0, 0.05) is 84.2 Å². The molecule has 2 fully saturated rings. The number of nitrogens with zero attached hydrogens (tertiary/aromatic N) is 6. The van der Waals surface area contributed by atoms with Crippen LogP contribution in [0.3, 0.4) is 0 Å². The Balaban J connectivity index is 1.20. The molecule has 0 aromatic carbocycles. The van der Waals surface area contributed by atoms with Crippen molar-refractivity contribution in [1.29, 1.82) is 5.26 Å². The fourth-order valence-corrected chi connectivity index (χ4v) is 7.05. The summed E-state index contributed by atoms with van der Waals surface area (Å²) in [6, 6.07) is 5.94. The van der Waals surface area contributed by atoms with Crippen molar-refractivity contribution in [3.63, 3.8) is 0 Å². The highest BCUT2D eigenvalue weighted by molar-refractivity contribution is 6.76. The Morgan fingerprint density at radius 3 is 2.59 bits per heavy atom. The second-order valence-corrected chi connectivity index (χ2v) is 18.4. The van der Waals surface area contributed by atoms with E-state index in [1.165, 1.54) is 19.4 Å². The van der Waals surface area contributed by atoms with Gasteiger partial charge in [0.1, 0.15) is 12.4 Å². The van der Waals surface area contributed by atoms with Gasteiger partial charge in [0.05, 0.1) is 24.0 Å². The summed E-state index contributed by atoms with van der Waals surface area (Å²) in [5, 5.41) is 13.0. The number of anilines is 1. The molecule has 3 aliphatic rings. The maximum atomic E-state index is 12.8. The number of nitriles is 1. The molecule has 10 heteroatoms. The lowest BCUT2D eigenvalue weighted by atomic mass is 9.84. The molecule has 4 heterocycles. The molecule has 0 unspecified atom stereocenters. The van der Waals surface area contributed by atoms with Crippen LogP contribution in [-0.4, -0.2) is 91.9 Å². The highest BCUT2D eigenvalue weighted by atomic mass is 28.3. The van der Waals surface area contributed by atoms with Crippen LogP contribution in [0.2, 0.25) is 25.7 Å². The lowest BCUT2D eigenvalue weighted by molar-refractivity contribution is 0.0899. The first-order chi connectivity index (χ1) is 18.8. The first-order valence-electron chi connectivity index (χ1n) is 14.7. The van der Waals surface area contributed by atoms with Gasteiger partial charge < -0.3 is 24.4 Å². The van der Waals surface area contributed by atoms with E-state index in [1.54, 1.807) is 6.20 Å². The summed E-state index contributed by atoms with van der Waals surface area (Å²) < 4.78 is 8.08. The van der Waals surface area contributed by atoms with Gasteiger partial charge in [0.2, 0.25) is 0 Å². The second kappa shape index (κ2) is 12.4. The molecule has 1 saturated carbocycles. The summed E-state index contributed by atoms with van der Waals surface area (Å²) in [5.41, 5.74) is 2.62. The number of piperazine rings is 1. The Bertz CT molecular complexity index is 1170. The SMILES string of the molecule is C[Si](C)(C)CCOCn1ccc2c3c(cnc21)C(=O)NCN3[C@H]1CC[C@H](CN2CCN(CCC#N)CC2)CC1. The average molecular weight is 552 g/mol. The van der Waals surface area contributed by atoms with E-state index < -0.39 is 8.07 Å². The van der Waals surface area contributed by atoms with Crippen molar-refractivity contribution in [2.24, 2.45) is 5.92 Å². The Labute approximate surface area is 234 Å². The van der Waals surface area contributed by atoms with E-state index in [0.29, 0.717) is 31.4 Å². The Hall–Kier alpha value is -2.45. The molecule has 5 rings (SSSR count). The van der Waals surface area contributed by atoms with E-state index in [9.17, 15) is 4.79 Å². The molecule has 0 atom stereocenters. The minimum atomic E-state index is -1.13. The van der Waals surface area contributed by atoms with E-state index in [-0.39, 0.29) is 5.91 Å². The van der Waals surface area contributed by atoms with Gasteiger partial charge in [-0.05, 0) is 43.7 Å². The molecule has 1 saturated heterocycles. The highest BCUT2D eigenvalue weighted by Crippen LogP contribution is 2.38. The van der Waals surface area contributed by atoms with Crippen molar-refractivity contribution in [1.82, 2.24) is 24.7 Å². The Morgan fingerprint density at radius 1 is 1.13 bits per heavy atom. The Kier molecular flexibility index (Phi) is 8.91. The van der Waals surface area contributed by atoms with Crippen molar-refractivity contribution in [3.05, 3.63) is 24.0 Å². The number of pyridine rings is 1.